The summed E-state index contributed by atoms with van der Waals surface area (Å²) in [6.45, 7) is 0. The highest BCUT2D eigenvalue weighted by Gasteiger charge is 2.40. The average Bonchev–Trinajstić information content (AvgIpc) is 3.09. The molecule has 6 nitrogen and oxygen atoms in total. The fourth-order valence-corrected chi connectivity index (χ4v) is 2.53. The van der Waals surface area contributed by atoms with Gasteiger partial charge in [-0.05, 0) is 5.56 Å². The Morgan fingerprint density at radius 2 is 2.15 bits per heavy atom. The van der Waals surface area contributed by atoms with Gasteiger partial charge in [-0.2, -0.15) is 0 Å². The van der Waals surface area contributed by atoms with Gasteiger partial charge < -0.3 is 15.4 Å². The summed E-state index contributed by atoms with van der Waals surface area (Å²) in [7, 11) is 0. The minimum absolute atomic E-state index is 0.348. The summed E-state index contributed by atoms with van der Waals surface area (Å²) in [6.07, 6.45) is 0.361. The number of nitrogens with one attached hydrogen (secondary N) is 2. The highest BCUT2D eigenvalue weighted by molar-refractivity contribution is 7.13. The number of hydrogen-bond acceptors (Lipinski definition) is 5. The molecule has 1 aromatic heterocycles. The van der Waals surface area contributed by atoms with Crippen LogP contribution in [0.25, 0.3) is 0 Å². The number of thiazole rings is 1. The third kappa shape index (κ3) is 2.48. The van der Waals surface area contributed by atoms with Gasteiger partial charge in [0, 0.05) is 11.6 Å². The van der Waals surface area contributed by atoms with Gasteiger partial charge in [0.25, 0.3) is 5.91 Å². The van der Waals surface area contributed by atoms with Gasteiger partial charge in [0.05, 0.1) is 0 Å². The van der Waals surface area contributed by atoms with Crippen LogP contribution in [0.4, 0.5) is 9.93 Å². The molecule has 2 unspecified atom stereocenters. The van der Waals surface area contributed by atoms with Gasteiger partial charge >= 0.3 is 6.09 Å². The van der Waals surface area contributed by atoms with Gasteiger partial charge in [-0.15, -0.1) is 11.3 Å². The molecule has 20 heavy (non-hydrogen) atoms. The van der Waals surface area contributed by atoms with Crippen LogP contribution in [0.5, 0.6) is 0 Å². The van der Waals surface area contributed by atoms with E-state index in [1.54, 1.807) is 11.6 Å². The molecule has 102 valence electrons. The van der Waals surface area contributed by atoms with Crippen LogP contribution in [0.2, 0.25) is 0 Å². The Morgan fingerprint density at radius 1 is 1.35 bits per heavy atom. The van der Waals surface area contributed by atoms with Crippen molar-refractivity contribution in [1.29, 1.82) is 0 Å². The van der Waals surface area contributed by atoms with E-state index in [1.807, 2.05) is 30.3 Å². The second kappa shape index (κ2) is 5.30. The van der Waals surface area contributed by atoms with Crippen molar-refractivity contribution < 1.29 is 14.3 Å². The van der Waals surface area contributed by atoms with E-state index in [0.29, 0.717) is 5.13 Å². The standard InChI is InChI=1S/C13H11N3O3S/c17-11(16-12-14-6-7-20-12)9-10(19-13(18)15-9)8-4-2-1-3-5-8/h1-7,9-10H,(H,15,18)(H,14,16,17). The van der Waals surface area contributed by atoms with Crippen LogP contribution < -0.4 is 10.6 Å². The highest BCUT2D eigenvalue weighted by atomic mass is 32.1. The minimum Gasteiger partial charge on any atom is -0.439 e. The summed E-state index contributed by atoms with van der Waals surface area (Å²) in [6, 6.07) is 8.38. The van der Waals surface area contributed by atoms with Gasteiger partial charge in [0.2, 0.25) is 0 Å². The van der Waals surface area contributed by atoms with Crippen molar-refractivity contribution in [2.45, 2.75) is 12.1 Å². The molecule has 1 aliphatic heterocycles. The molecule has 1 aliphatic rings. The molecule has 0 bridgehead atoms. The topological polar surface area (TPSA) is 80.3 Å². The maximum atomic E-state index is 12.2. The second-order valence-electron chi connectivity index (χ2n) is 4.19. The van der Waals surface area contributed by atoms with Crippen LogP contribution in [0.1, 0.15) is 11.7 Å². The van der Waals surface area contributed by atoms with Crippen molar-refractivity contribution in [2.75, 3.05) is 5.32 Å². The number of nitrogens with zero attached hydrogens (tertiary/aromatic N) is 1. The maximum Gasteiger partial charge on any atom is 0.408 e. The quantitative estimate of drug-likeness (QED) is 0.904. The van der Waals surface area contributed by atoms with Crippen LogP contribution in [0.15, 0.2) is 41.9 Å². The summed E-state index contributed by atoms with van der Waals surface area (Å²) < 4.78 is 5.17. The summed E-state index contributed by atoms with van der Waals surface area (Å²) in [5.74, 6) is -0.348. The number of anilines is 1. The molecule has 2 atom stereocenters. The molecule has 2 amide bonds. The van der Waals surface area contributed by atoms with E-state index in [0.717, 1.165) is 5.56 Å². The van der Waals surface area contributed by atoms with E-state index < -0.39 is 18.2 Å². The molecule has 2 aromatic rings. The molecule has 0 radical (unpaired) electrons. The normalized spacial score (nSPS) is 21.1. The molecule has 0 saturated carbocycles. The summed E-state index contributed by atoms with van der Waals surface area (Å²) in [5.41, 5.74) is 0.769. The van der Waals surface area contributed by atoms with Crippen molar-refractivity contribution in [3.05, 3.63) is 47.5 Å². The Hall–Kier alpha value is -2.41. The number of amides is 2. The van der Waals surface area contributed by atoms with Crippen molar-refractivity contribution in [3.8, 4) is 0 Å². The van der Waals surface area contributed by atoms with E-state index >= 15 is 0 Å². The molecule has 1 saturated heterocycles. The van der Waals surface area contributed by atoms with Crippen LogP contribution >= 0.6 is 11.3 Å². The first-order chi connectivity index (χ1) is 9.74. The number of hydrogen-bond donors (Lipinski definition) is 2. The number of cyclic esters (lactones) is 1. The Balaban J connectivity index is 1.80. The van der Waals surface area contributed by atoms with Crippen LogP contribution in [-0.4, -0.2) is 23.0 Å². The van der Waals surface area contributed by atoms with Crippen LogP contribution in [0, 0.1) is 0 Å². The Kier molecular flexibility index (Phi) is 3.34. The number of benzene rings is 1. The second-order valence-corrected chi connectivity index (χ2v) is 5.08. The molecule has 3 rings (SSSR count). The molecule has 0 spiro atoms. The Labute approximate surface area is 118 Å². The van der Waals surface area contributed by atoms with E-state index in [2.05, 4.69) is 15.6 Å². The van der Waals surface area contributed by atoms with E-state index in [9.17, 15) is 9.59 Å². The number of carbonyl (C=O) groups excluding carboxylic acids is 2. The zero-order valence-electron chi connectivity index (χ0n) is 10.3. The molecule has 1 aromatic carbocycles. The number of aromatic nitrogens is 1. The predicted octanol–water partition coefficient (Wildman–Crippen LogP) is 1.93. The van der Waals surface area contributed by atoms with Gasteiger partial charge in [-0.3, -0.25) is 4.79 Å². The maximum absolute atomic E-state index is 12.2. The van der Waals surface area contributed by atoms with Crippen molar-refractivity contribution >= 4 is 28.5 Å². The summed E-state index contributed by atoms with van der Waals surface area (Å²) >= 11 is 1.31. The van der Waals surface area contributed by atoms with Crippen LogP contribution in [0.3, 0.4) is 0 Å². The number of alkyl carbamates (subject to hydrolysis) is 1. The zero-order valence-corrected chi connectivity index (χ0v) is 11.1. The lowest BCUT2D eigenvalue weighted by molar-refractivity contribution is -0.119. The summed E-state index contributed by atoms with van der Waals surface area (Å²) in [4.78, 5) is 27.6. The van der Waals surface area contributed by atoms with Crippen molar-refractivity contribution in [2.24, 2.45) is 0 Å². The molecule has 2 heterocycles. The highest BCUT2D eigenvalue weighted by Crippen LogP contribution is 2.27. The smallest absolute Gasteiger partial charge is 0.408 e. The molecule has 7 heteroatoms. The summed E-state index contributed by atoms with van der Waals surface area (Å²) in [5, 5.41) is 7.42. The lowest BCUT2D eigenvalue weighted by Crippen LogP contribution is -2.40. The monoisotopic (exact) mass is 289 g/mol. The van der Waals surface area contributed by atoms with E-state index in [-0.39, 0.29) is 5.91 Å². The molecule has 2 N–H and O–H groups in total. The number of ether oxygens (including phenoxy) is 1. The average molecular weight is 289 g/mol. The molecule has 0 aliphatic carbocycles. The van der Waals surface area contributed by atoms with Crippen molar-refractivity contribution in [1.82, 2.24) is 10.3 Å². The first-order valence-electron chi connectivity index (χ1n) is 5.96. The third-order valence-electron chi connectivity index (χ3n) is 2.88. The van der Waals surface area contributed by atoms with Crippen LogP contribution in [-0.2, 0) is 9.53 Å². The predicted molar refractivity (Wildman–Crippen MR) is 73.3 cm³/mol. The SMILES string of the molecule is O=C1NC(C(=O)Nc2nccs2)C(c2ccccc2)O1. The van der Waals surface area contributed by atoms with E-state index in [1.165, 1.54) is 11.3 Å². The van der Waals surface area contributed by atoms with Gasteiger partial charge in [-0.25, -0.2) is 9.78 Å². The third-order valence-corrected chi connectivity index (χ3v) is 3.57. The fourth-order valence-electron chi connectivity index (χ4n) is 1.99. The largest absolute Gasteiger partial charge is 0.439 e. The Morgan fingerprint density at radius 3 is 2.85 bits per heavy atom. The lowest BCUT2D eigenvalue weighted by atomic mass is 10.0. The number of rotatable bonds is 3. The minimum atomic E-state index is -0.770. The first kappa shape index (κ1) is 12.6. The van der Waals surface area contributed by atoms with Gasteiger partial charge in [-0.1, -0.05) is 30.3 Å². The molecular formula is C13H11N3O3S. The van der Waals surface area contributed by atoms with Gasteiger partial charge in [0.15, 0.2) is 17.3 Å². The first-order valence-corrected chi connectivity index (χ1v) is 6.84. The van der Waals surface area contributed by atoms with Gasteiger partial charge in [0.1, 0.15) is 0 Å². The molecule has 1 fully saturated rings. The number of carbonyl (C=O) groups is 2. The lowest BCUT2D eigenvalue weighted by Gasteiger charge is -2.16. The fraction of sp³-hybridized carbons (Fsp3) is 0.154. The van der Waals surface area contributed by atoms with E-state index in [4.69, 9.17) is 4.74 Å². The molecular weight excluding hydrogens is 278 g/mol. The van der Waals surface area contributed by atoms with Crippen molar-refractivity contribution in [3.63, 3.8) is 0 Å². The zero-order chi connectivity index (χ0) is 13.9. The Bertz CT molecular complexity index is 615.